The summed E-state index contributed by atoms with van der Waals surface area (Å²) in [5.74, 6) is -0.649. The van der Waals surface area contributed by atoms with Gasteiger partial charge in [0.15, 0.2) is 0 Å². The highest BCUT2D eigenvalue weighted by molar-refractivity contribution is 9.10. The van der Waals surface area contributed by atoms with Crippen LogP contribution in [0.15, 0.2) is 45.8 Å². The number of carbonyl (C=O) groups is 2. The smallest absolute Gasteiger partial charge is 0.241 e. The lowest BCUT2D eigenvalue weighted by Gasteiger charge is -2.19. The molecule has 0 saturated carbocycles. The van der Waals surface area contributed by atoms with E-state index in [-0.39, 0.29) is 23.6 Å². The summed E-state index contributed by atoms with van der Waals surface area (Å²) in [6.45, 7) is 4.83. The molecule has 0 bridgehead atoms. The second-order valence-electron chi connectivity index (χ2n) is 6.94. The molecule has 0 aliphatic heterocycles. The van der Waals surface area contributed by atoms with Gasteiger partial charge in [-0.3, -0.25) is 9.59 Å². The van der Waals surface area contributed by atoms with Gasteiger partial charge in [-0.1, -0.05) is 54.0 Å². The summed E-state index contributed by atoms with van der Waals surface area (Å²) in [7, 11) is -4.00. The summed E-state index contributed by atoms with van der Waals surface area (Å²) < 4.78 is 29.6. The van der Waals surface area contributed by atoms with Crippen LogP contribution in [0.1, 0.15) is 39.5 Å². The molecular weight excluding hydrogens is 470 g/mol. The van der Waals surface area contributed by atoms with Gasteiger partial charge in [-0.2, -0.15) is 4.72 Å². The molecule has 2 aromatic rings. The SMILES string of the molecule is CCCNC(=O)CCC(NS(=O)(=O)c1ccc(Br)c2ccccc12)C(=O)NCCC. The van der Waals surface area contributed by atoms with Crippen LogP contribution in [0.2, 0.25) is 0 Å². The zero-order chi connectivity index (χ0) is 22.1. The highest BCUT2D eigenvalue weighted by Gasteiger charge is 2.27. The summed E-state index contributed by atoms with van der Waals surface area (Å²) in [6, 6.07) is 9.26. The zero-order valence-electron chi connectivity index (χ0n) is 17.2. The van der Waals surface area contributed by atoms with Crippen LogP contribution in [0.25, 0.3) is 10.8 Å². The first-order valence-corrected chi connectivity index (χ1v) is 12.3. The van der Waals surface area contributed by atoms with Crippen LogP contribution in [0.5, 0.6) is 0 Å². The van der Waals surface area contributed by atoms with Gasteiger partial charge in [-0.15, -0.1) is 0 Å². The van der Waals surface area contributed by atoms with Crippen molar-refractivity contribution in [2.75, 3.05) is 13.1 Å². The molecule has 0 saturated heterocycles. The molecule has 0 aliphatic carbocycles. The maximum atomic E-state index is 13.2. The predicted octanol–water partition coefficient (Wildman–Crippen LogP) is 3.08. The number of hydrogen-bond donors (Lipinski definition) is 3. The number of amides is 2. The fourth-order valence-electron chi connectivity index (χ4n) is 2.96. The van der Waals surface area contributed by atoms with Crippen LogP contribution in [0.3, 0.4) is 0 Å². The topological polar surface area (TPSA) is 104 Å². The Balaban J connectivity index is 2.28. The minimum atomic E-state index is -4.00. The third-order valence-corrected chi connectivity index (χ3v) is 6.74. The number of carbonyl (C=O) groups excluding carboxylic acids is 2. The molecule has 0 aliphatic rings. The molecule has 2 aromatic carbocycles. The first-order valence-electron chi connectivity index (χ1n) is 10.0. The Labute approximate surface area is 186 Å². The van der Waals surface area contributed by atoms with E-state index in [1.54, 1.807) is 18.2 Å². The van der Waals surface area contributed by atoms with Crippen molar-refractivity contribution in [2.45, 2.75) is 50.5 Å². The highest BCUT2D eigenvalue weighted by Crippen LogP contribution is 2.29. The van der Waals surface area contributed by atoms with E-state index in [4.69, 9.17) is 0 Å². The van der Waals surface area contributed by atoms with Gasteiger partial charge in [-0.05, 0) is 36.8 Å². The van der Waals surface area contributed by atoms with Crippen LogP contribution in [-0.4, -0.2) is 39.4 Å². The number of hydrogen-bond acceptors (Lipinski definition) is 4. The summed E-state index contributed by atoms with van der Waals surface area (Å²) in [4.78, 5) is 24.6. The lowest BCUT2D eigenvalue weighted by atomic mass is 10.1. The summed E-state index contributed by atoms with van der Waals surface area (Å²) in [6.07, 6.45) is 1.64. The summed E-state index contributed by atoms with van der Waals surface area (Å²) in [5, 5.41) is 6.76. The Bertz CT molecular complexity index is 995. The van der Waals surface area contributed by atoms with E-state index in [2.05, 4.69) is 31.3 Å². The molecule has 7 nitrogen and oxygen atoms in total. The number of rotatable bonds is 11. The van der Waals surface area contributed by atoms with Gasteiger partial charge in [0.1, 0.15) is 6.04 Å². The minimum Gasteiger partial charge on any atom is -0.356 e. The van der Waals surface area contributed by atoms with Gasteiger partial charge in [0, 0.05) is 29.4 Å². The average Bonchev–Trinajstić information content (AvgIpc) is 2.73. The number of halogens is 1. The second-order valence-corrected chi connectivity index (χ2v) is 9.48. The molecule has 3 N–H and O–H groups in total. The fraction of sp³-hybridized carbons (Fsp3) is 0.429. The summed E-state index contributed by atoms with van der Waals surface area (Å²) in [5.41, 5.74) is 0. The van der Waals surface area contributed by atoms with Gasteiger partial charge in [0.05, 0.1) is 4.90 Å². The standard InChI is InChI=1S/C21H28BrN3O4S/c1-3-13-23-20(26)12-10-18(21(27)24-14-4-2)25-30(28,29)19-11-9-17(22)15-7-5-6-8-16(15)19/h5-9,11,18,25H,3-4,10,12-14H2,1-2H3,(H,23,26)(H,24,27). The number of nitrogens with one attached hydrogen (secondary N) is 3. The maximum Gasteiger partial charge on any atom is 0.241 e. The van der Waals surface area contributed by atoms with E-state index in [1.807, 2.05) is 26.0 Å². The second kappa shape index (κ2) is 11.4. The van der Waals surface area contributed by atoms with Crippen LogP contribution in [-0.2, 0) is 19.6 Å². The Hall–Kier alpha value is -1.97. The highest BCUT2D eigenvalue weighted by atomic mass is 79.9. The van der Waals surface area contributed by atoms with E-state index < -0.39 is 22.0 Å². The monoisotopic (exact) mass is 497 g/mol. The van der Waals surface area contributed by atoms with E-state index >= 15 is 0 Å². The molecule has 2 rings (SSSR count). The third kappa shape index (κ3) is 6.52. The van der Waals surface area contributed by atoms with Crippen molar-refractivity contribution in [1.82, 2.24) is 15.4 Å². The van der Waals surface area contributed by atoms with Crippen molar-refractivity contribution in [1.29, 1.82) is 0 Å². The zero-order valence-corrected chi connectivity index (χ0v) is 19.6. The molecule has 30 heavy (non-hydrogen) atoms. The van der Waals surface area contributed by atoms with Crippen LogP contribution in [0, 0.1) is 0 Å². The Morgan fingerprint density at radius 2 is 1.60 bits per heavy atom. The van der Waals surface area contributed by atoms with Gasteiger partial charge in [0.25, 0.3) is 0 Å². The Kier molecular flexibility index (Phi) is 9.26. The molecule has 0 heterocycles. The minimum absolute atomic E-state index is 0.0494. The Morgan fingerprint density at radius 1 is 0.967 bits per heavy atom. The average molecular weight is 498 g/mol. The molecule has 0 fully saturated rings. The number of sulfonamides is 1. The van der Waals surface area contributed by atoms with E-state index in [0.717, 1.165) is 22.7 Å². The van der Waals surface area contributed by atoms with E-state index in [9.17, 15) is 18.0 Å². The summed E-state index contributed by atoms with van der Waals surface area (Å²) >= 11 is 3.44. The molecule has 0 aromatic heterocycles. The first kappa shape index (κ1) is 24.3. The van der Waals surface area contributed by atoms with Gasteiger partial charge >= 0.3 is 0 Å². The van der Waals surface area contributed by atoms with Crippen molar-refractivity contribution >= 4 is 48.5 Å². The molecule has 0 radical (unpaired) electrons. The van der Waals surface area contributed by atoms with Crippen LogP contribution < -0.4 is 15.4 Å². The molecule has 1 atom stereocenters. The molecule has 1 unspecified atom stereocenters. The van der Waals surface area contributed by atoms with Gasteiger partial charge in [-0.25, -0.2) is 8.42 Å². The maximum absolute atomic E-state index is 13.2. The molecule has 2 amide bonds. The molecule has 9 heteroatoms. The van der Waals surface area contributed by atoms with Crippen molar-refractivity contribution in [3.8, 4) is 0 Å². The molecular formula is C21H28BrN3O4S. The van der Waals surface area contributed by atoms with Crippen molar-refractivity contribution < 1.29 is 18.0 Å². The largest absolute Gasteiger partial charge is 0.356 e. The van der Waals surface area contributed by atoms with E-state index in [0.29, 0.717) is 18.5 Å². The van der Waals surface area contributed by atoms with Crippen molar-refractivity contribution in [3.63, 3.8) is 0 Å². The normalized spacial score (nSPS) is 12.5. The van der Waals surface area contributed by atoms with Crippen molar-refractivity contribution in [2.24, 2.45) is 0 Å². The van der Waals surface area contributed by atoms with Crippen LogP contribution in [0.4, 0.5) is 0 Å². The number of benzene rings is 2. The lowest BCUT2D eigenvalue weighted by Crippen LogP contribution is -2.47. The number of fused-ring (bicyclic) bond motifs is 1. The Morgan fingerprint density at radius 3 is 2.27 bits per heavy atom. The predicted molar refractivity (Wildman–Crippen MR) is 122 cm³/mol. The van der Waals surface area contributed by atoms with Gasteiger partial charge < -0.3 is 10.6 Å². The quantitative estimate of drug-likeness (QED) is 0.443. The lowest BCUT2D eigenvalue weighted by molar-refractivity contribution is -0.123. The van der Waals surface area contributed by atoms with E-state index in [1.165, 1.54) is 6.07 Å². The first-order chi connectivity index (χ1) is 14.3. The molecule has 0 spiro atoms. The van der Waals surface area contributed by atoms with Crippen LogP contribution >= 0.6 is 15.9 Å². The third-order valence-electron chi connectivity index (χ3n) is 4.52. The van der Waals surface area contributed by atoms with Crippen molar-refractivity contribution in [3.05, 3.63) is 40.9 Å². The fourth-order valence-corrected chi connectivity index (χ4v) is 4.88. The van der Waals surface area contributed by atoms with Gasteiger partial charge in [0.2, 0.25) is 21.8 Å². The molecule has 164 valence electrons.